The molecule has 1 fully saturated rings. The Morgan fingerprint density at radius 2 is 1.95 bits per heavy atom. The molecule has 1 aromatic carbocycles. The quantitative estimate of drug-likeness (QED) is 0.925. The molecule has 1 aliphatic rings. The third-order valence-corrected chi connectivity index (χ3v) is 4.45. The summed E-state index contributed by atoms with van der Waals surface area (Å²) in [6, 6.07) is 13.0. The van der Waals surface area contributed by atoms with Crippen LogP contribution in [0.25, 0.3) is 6.08 Å². The lowest BCUT2D eigenvalue weighted by atomic mass is 10.1. The molecule has 0 bridgehead atoms. The van der Waals surface area contributed by atoms with Gasteiger partial charge in [0.2, 0.25) is 0 Å². The Morgan fingerprint density at radius 3 is 2.75 bits per heavy atom. The Morgan fingerprint density at radius 1 is 1.10 bits per heavy atom. The van der Waals surface area contributed by atoms with Gasteiger partial charge in [0.25, 0.3) is 0 Å². The van der Waals surface area contributed by atoms with Gasteiger partial charge >= 0.3 is 0 Å². The molecule has 0 aliphatic carbocycles. The fourth-order valence-corrected chi connectivity index (χ4v) is 3.23. The van der Waals surface area contributed by atoms with Gasteiger partial charge in [0, 0.05) is 36.7 Å². The van der Waals surface area contributed by atoms with Crippen LogP contribution >= 0.6 is 11.3 Å². The van der Waals surface area contributed by atoms with E-state index in [0.29, 0.717) is 0 Å². The summed E-state index contributed by atoms with van der Waals surface area (Å²) in [5, 5.41) is 5.53. The van der Waals surface area contributed by atoms with E-state index in [1.165, 1.54) is 16.1 Å². The Kier molecular flexibility index (Phi) is 4.51. The second-order valence-corrected chi connectivity index (χ2v) is 5.97. The molecule has 0 saturated carbocycles. The third-order valence-electron chi connectivity index (χ3n) is 3.61. The zero-order chi connectivity index (χ0) is 13.6. The molecule has 3 heteroatoms. The number of anilines is 1. The molecule has 2 nitrogen and oxygen atoms in total. The standard InChI is InChI=1S/C17H20N2S/c1-2-9-17(19-12-10-18-11-13-19)15(5-1)6-3-7-16-8-4-14-20-16/h1-5,7-9,14,18H,6,10-13H2. The Bertz CT molecular complexity index is 554. The van der Waals surface area contributed by atoms with E-state index in [4.69, 9.17) is 0 Å². The van der Waals surface area contributed by atoms with Gasteiger partial charge in [-0.15, -0.1) is 11.3 Å². The fourth-order valence-electron chi connectivity index (χ4n) is 2.59. The average molecular weight is 284 g/mol. The number of nitrogens with zero attached hydrogens (tertiary/aromatic N) is 1. The first-order valence-corrected chi connectivity index (χ1v) is 8.05. The van der Waals surface area contributed by atoms with Gasteiger partial charge in [-0.2, -0.15) is 0 Å². The Balaban J connectivity index is 1.72. The third kappa shape index (κ3) is 3.30. The number of piperazine rings is 1. The first kappa shape index (κ1) is 13.4. The van der Waals surface area contributed by atoms with Crippen molar-refractivity contribution in [1.29, 1.82) is 0 Å². The van der Waals surface area contributed by atoms with E-state index in [1.54, 1.807) is 11.3 Å². The molecule has 2 heterocycles. The summed E-state index contributed by atoms with van der Waals surface area (Å²) in [7, 11) is 0. The molecule has 0 unspecified atom stereocenters. The van der Waals surface area contributed by atoms with Gasteiger partial charge in [-0.1, -0.05) is 30.3 Å². The fraction of sp³-hybridized carbons (Fsp3) is 0.294. The summed E-state index contributed by atoms with van der Waals surface area (Å²) in [6.07, 6.45) is 5.49. The second-order valence-electron chi connectivity index (χ2n) is 4.99. The van der Waals surface area contributed by atoms with Crippen LogP contribution in [0.5, 0.6) is 0 Å². The number of hydrogen-bond acceptors (Lipinski definition) is 3. The molecule has 0 spiro atoms. The highest BCUT2D eigenvalue weighted by Crippen LogP contribution is 2.22. The van der Waals surface area contributed by atoms with Crippen molar-refractivity contribution in [2.75, 3.05) is 31.1 Å². The van der Waals surface area contributed by atoms with Crippen LogP contribution < -0.4 is 10.2 Å². The van der Waals surface area contributed by atoms with Crippen LogP contribution in [0.2, 0.25) is 0 Å². The van der Waals surface area contributed by atoms with E-state index in [1.807, 2.05) is 0 Å². The maximum absolute atomic E-state index is 3.41. The maximum atomic E-state index is 3.41. The number of benzene rings is 1. The van der Waals surface area contributed by atoms with E-state index < -0.39 is 0 Å². The summed E-state index contributed by atoms with van der Waals surface area (Å²) in [5.41, 5.74) is 2.81. The number of rotatable bonds is 4. The van der Waals surface area contributed by atoms with Crippen molar-refractivity contribution < 1.29 is 0 Å². The van der Waals surface area contributed by atoms with Crippen molar-refractivity contribution in [3.05, 3.63) is 58.3 Å². The van der Waals surface area contributed by atoms with Gasteiger partial charge in [0.1, 0.15) is 0 Å². The summed E-state index contributed by atoms with van der Waals surface area (Å²) in [4.78, 5) is 3.81. The minimum Gasteiger partial charge on any atom is -0.369 e. The summed E-state index contributed by atoms with van der Waals surface area (Å²) >= 11 is 1.78. The molecule has 1 aliphatic heterocycles. The topological polar surface area (TPSA) is 15.3 Å². The zero-order valence-corrected chi connectivity index (χ0v) is 12.4. The smallest absolute Gasteiger partial charge is 0.0402 e. The lowest BCUT2D eigenvalue weighted by molar-refractivity contribution is 0.588. The van der Waals surface area contributed by atoms with Gasteiger partial charge in [-0.3, -0.25) is 0 Å². The molecule has 0 radical (unpaired) electrons. The first-order chi connectivity index (χ1) is 9.93. The van der Waals surface area contributed by atoms with E-state index >= 15 is 0 Å². The number of thiophene rings is 1. The Labute approximate surface area is 124 Å². The zero-order valence-electron chi connectivity index (χ0n) is 11.6. The highest BCUT2D eigenvalue weighted by Gasteiger charge is 2.12. The predicted molar refractivity (Wildman–Crippen MR) is 88.6 cm³/mol. The van der Waals surface area contributed by atoms with Crippen molar-refractivity contribution >= 4 is 23.1 Å². The molecule has 104 valence electrons. The predicted octanol–water partition coefficient (Wildman–Crippen LogP) is 3.41. The highest BCUT2D eigenvalue weighted by atomic mass is 32.1. The molecule has 1 N–H and O–H groups in total. The summed E-state index contributed by atoms with van der Waals surface area (Å²) in [5.74, 6) is 0. The number of allylic oxidation sites excluding steroid dienone is 1. The molecule has 0 atom stereocenters. The molecule has 0 amide bonds. The minimum atomic E-state index is 0.998. The van der Waals surface area contributed by atoms with Crippen LogP contribution in [0.15, 0.2) is 47.9 Å². The monoisotopic (exact) mass is 284 g/mol. The van der Waals surface area contributed by atoms with Crippen molar-refractivity contribution in [2.45, 2.75) is 6.42 Å². The second kappa shape index (κ2) is 6.73. The number of para-hydroxylation sites is 1. The maximum Gasteiger partial charge on any atom is 0.0402 e. The van der Waals surface area contributed by atoms with Crippen LogP contribution in [0.1, 0.15) is 10.4 Å². The average Bonchev–Trinajstić information content (AvgIpc) is 3.02. The number of hydrogen-bond donors (Lipinski definition) is 1. The van der Waals surface area contributed by atoms with Crippen LogP contribution in [0, 0.1) is 0 Å². The van der Waals surface area contributed by atoms with Crippen LogP contribution in [0.4, 0.5) is 5.69 Å². The molecule has 1 saturated heterocycles. The van der Waals surface area contributed by atoms with Crippen LogP contribution in [0.3, 0.4) is 0 Å². The van der Waals surface area contributed by atoms with Gasteiger partial charge in [-0.25, -0.2) is 0 Å². The van der Waals surface area contributed by atoms with Crippen molar-refractivity contribution in [3.8, 4) is 0 Å². The Hall–Kier alpha value is -1.58. The first-order valence-electron chi connectivity index (χ1n) is 7.17. The van der Waals surface area contributed by atoms with Gasteiger partial charge in [-0.05, 0) is 35.6 Å². The van der Waals surface area contributed by atoms with Crippen molar-refractivity contribution in [3.63, 3.8) is 0 Å². The van der Waals surface area contributed by atoms with E-state index in [9.17, 15) is 0 Å². The summed E-state index contributed by atoms with van der Waals surface area (Å²) in [6.45, 7) is 4.37. The molecule has 20 heavy (non-hydrogen) atoms. The van der Waals surface area contributed by atoms with Crippen molar-refractivity contribution in [2.24, 2.45) is 0 Å². The van der Waals surface area contributed by atoms with E-state index in [-0.39, 0.29) is 0 Å². The lowest BCUT2D eigenvalue weighted by Crippen LogP contribution is -2.43. The SMILES string of the molecule is C(=Cc1cccs1)Cc1ccccc1N1CCNCC1. The lowest BCUT2D eigenvalue weighted by Gasteiger charge is -2.31. The van der Waals surface area contributed by atoms with Crippen molar-refractivity contribution in [1.82, 2.24) is 5.32 Å². The van der Waals surface area contributed by atoms with E-state index in [2.05, 4.69) is 64.1 Å². The van der Waals surface area contributed by atoms with Crippen LogP contribution in [-0.4, -0.2) is 26.2 Å². The molecule has 1 aromatic heterocycles. The largest absolute Gasteiger partial charge is 0.369 e. The molecule has 2 aromatic rings. The van der Waals surface area contributed by atoms with Gasteiger partial charge in [0.05, 0.1) is 0 Å². The molecular weight excluding hydrogens is 264 g/mol. The minimum absolute atomic E-state index is 0.998. The number of nitrogens with one attached hydrogen (secondary N) is 1. The normalized spacial score (nSPS) is 15.9. The molecule has 3 rings (SSSR count). The molecular formula is C17H20N2S. The highest BCUT2D eigenvalue weighted by molar-refractivity contribution is 7.10. The van der Waals surface area contributed by atoms with E-state index in [0.717, 1.165) is 32.6 Å². The van der Waals surface area contributed by atoms with Crippen LogP contribution in [-0.2, 0) is 6.42 Å². The summed E-state index contributed by atoms with van der Waals surface area (Å²) < 4.78 is 0. The van der Waals surface area contributed by atoms with Gasteiger partial charge in [0.15, 0.2) is 0 Å². The van der Waals surface area contributed by atoms with Gasteiger partial charge < -0.3 is 10.2 Å².